The fraction of sp³-hybridized carbons (Fsp3) is 0.235. The number of nitrogens with one attached hydrogen (secondary N) is 2. The minimum absolute atomic E-state index is 0.0578. The summed E-state index contributed by atoms with van der Waals surface area (Å²) in [4.78, 5) is 31.4. The summed E-state index contributed by atoms with van der Waals surface area (Å²) < 4.78 is 1.81. The van der Waals surface area contributed by atoms with Crippen LogP contribution in [0.25, 0.3) is 5.65 Å². The van der Waals surface area contributed by atoms with E-state index in [0.717, 1.165) is 11.3 Å². The van der Waals surface area contributed by atoms with Crippen LogP contribution in [0.5, 0.6) is 0 Å². The Morgan fingerprint density at radius 1 is 1.29 bits per heavy atom. The average molecular weight is 345 g/mol. The lowest BCUT2D eigenvalue weighted by Crippen LogP contribution is -2.24. The summed E-state index contributed by atoms with van der Waals surface area (Å²) in [7, 11) is 0. The molecule has 0 spiro atoms. The molecule has 0 aromatic carbocycles. The highest BCUT2D eigenvalue weighted by molar-refractivity contribution is 6.30. The highest BCUT2D eigenvalue weighted by Crippen LogP contribution is 2.18. The number of aryl methyl sites for hydroxylation is 1. The van der Waals surface area contributed by atoms with E-state index >= 15 is 0 Å². The van der Waals surface area contributed by atoms with E-state index in [1.807, 2.05) is 16.7 Å². The zero-order chi connectivity index (χ0) is 17.4. The maximum atomic E-state index is 12.4. The molecule has 0 saturated carbocycles. The molecule has 0 fully saturated rings. The van der Waals surface area contributed by atoms with Crippen LogP contribution in [-0.2, 0) is 6.54 Å². The van der Waals surface area contributed by atoms with Crippen LogP contribution in [0.3, 0.4) is 0 Å². The highest BCUT2D eigenvalue weighted by atomic mass is 35.5. The Hall–Kier alpha value is -2.60. The van der Waals surface area contributed by atoms with Crippen molar-refractivity contribution in [3.05, 3.63) is 57.8 Å². The lowest BCUT2D eigenvalue weighted by Gasteiger charge is -2.03. The smallest absolute Gasteiger partial charge is 0.268 e. The second-order valence-corrected chi connectivity index (χ2v) is 6.15. The molecule has 24 heavy (non-hydrogen) atoms. The van der Waals surface area contributed by atoms with Crippen LogP contribution in [0.4, 0.5) is 0 Å². The first kappa shape index (κ1) is 16.3. The van der Waals surface area contributed by atoms with Crippen LogP contribution >= 0.6 is 11.6 Å². The molecule has 6 nitrogen and oxygen atoms in total. The molecule has 2 N–H and O–H groups in total. The summed E-state index contributed by atoms with van der Waals surface area (Å²) >= 11 is 5.95. The molecule has 3 aromatic rings. The minimum atomic E-state index is -0.266. The molecule has 124 valence electrons. The maximum absolute atomic E-state index is 12.4. The molecule has 0 aliphatic heterocycles. The number of aromatic amines is 1. The number of Topliss-reactive ketones (excluding diaryl/α,β-unsaturated/α-hetero) is 1. The van der Waals surface area contributed by atoms with Crippen LogP contribution in [-0.4, -0.2) is 26.1 Å². The molecule has 7 heteroatoms. The SMILES string of the molecule is CC(=O)c1c(C)[nH]c(C(=O)NCc2cn3cc(Cl)ccc3n2)c1C. The molecular weight excluding hydrogens is 328 g/mol. The first-order valence-corrected chi connectivity index (χ1v) is 7.86. The van der Waals surface area contributed by atoms with Crippen LogP contribution in [0, 0.1) is 13.8 Å². The van der Waals surface area contributed by atoms with Gasteiger partial charge in [0.2, 0.25) is 0 Å². The van der Waals surface area contributed by atoms with Gasteiger partial charge in [-0.05, 0) is 38.5 Å². The zero-order valence-electron chi connectivity index (χ0n) is 13.6. The lowest BCUT2D eigenvalue weighted by molar-refractivity contribution is 0.0945. The van der Waals surface area contributed by atoms with Crippen molar-refractivity contribution in [3.8, 4) is 0 Å². The zero-order valence-corrected chi connectivity index (χ0v) is 14.4. The summed E-state index contributed by atoms with van der Waals surface area (Å²) in [6.45, 7) is 5.33. The molecule has 0 aliphatic rings. The number of nitrogens with zero attached hydrogens (tertiary/aromatic N) is 2. The van der Waals surface area contributed by atoms with E-state index in [1.54, 1.807) is 26.1 Å². The van der Waals surface area contributed by atoms with Crippen molar-refractivity contribution in [1.29, 1.82) is 0 Å². The van der Waals surface area contributed by atoms with Gasteiger partial charge in [0.1, 0.15) is 11.3 Å². The van der Waals surface area contributed by atoms with E-state index in [9.17, 15) is 9.59 Å². The normalized spacial score (nSPS) is 11.0. The van der Waals surface area contributed by atoms with E-state index in [1.165, 1.54) is 6.92 Å². The Labute approximate surface area is 143 Å². The first-order chi connectivity index (χ1) is 11.4. The number of fused-ring (bicyclic) bond motifs is 1. The van der Waals surface area contributed by atoms with Gasteiger partial charge in [0, 0.05) is 23.7 Å². The van der Waals surface area contributed by atoms with Crippen molar-refractivity contribution in [2.24, 2.45) is 0 Å². The van der Waals surface area contributed by atoms with E-state index in [-0.39, 0.29) is 18.2 Å². The third kappa shape index (κ3) is 2.92. The van der Waals surface area contributed by atoms with E-state index in [2.05, 4.69) is 15.3 Å². The second-order valence-electron chi connectivity index (χ2n) is 5.71. The summed E-state index contributed by atoms with van der Waals surface area (Å²) in [5, 5.41) is 3.44. The van der Waals surface area contributed by atoms with Crippen molar-refractivity contribution in [3.63, 3.8) is 0 Å². The van der Waals surface area contributed by atoms with Gasteiger partial charge in [-0.15, -0.1) is 0 Å². The largest absolute Gasteiger partial charge is 0.354 e. The van der Waals surface area contributed by atoms with Gasteiger partial charge in [0.25, 0.3) is 5.91 Å². The number of rotatable bonds is 4. The number of aromatic nitrogens is 3. The van der Waals surface area contributed by atoms with E-state index in [4.69, 9.17) is 11.6 Å². The van der Waals surface area contributed by atoms with Crippen molar-refractivity contribution in [2.45, 2.75) is 27.3 Å². The number of H-pyrrole nitrogens is 1. The molecule has 3 rings (SSSR count). The van der Waals surface area contributed by atoms with Crippen molar-refractivity contribution >= 4 is 28.9 Å². The molecule has 0 unspecified atom stereocenters. The van der Waals surface area contributed by atoms with Crippen molar-refractivity contribution in [2.75, 3.05) is 0 Å². The molecule has 0 aliphatic carbocycles. The van der Waals surface area contributed by atoms with E-state index < -0.39 is 0 Å². The van der Waals surface area contributed by atoms with Crippen LogP contribution < -0.4 is 5.32 Å². The van der Waals surface area contributed by atoms with Gasteiger partial charge in [-0.1, -0.05) is 11.6 Å². The number of halogens is 1. The maximum Gasteiger partial charge on any atom is 0.268 e. The Kier molecular flexibility index (Phi) is 4.15. The predicted octanol–water partition coefficient (Wildman–Crippen LogP) is 3.07. The third-order valence-corrected chi connectivity index (χ3v) is 4.14. The second kappa shape index (κ2) is 6.13. The summed E-state index contributed by atoms with van der Waals surface area (Å²) in [6, 6.07) is 3.58. The van der Waals surface area contributed by atoms with Gasteiger partial charge < -0.3 is 14.7 Å². The number of carbonyl (C=O) groups is 2. The Morgan fingerprint density at radius 3 is 2.71 bits per heavy atom. The molecule has 3 heterocycles. The van der Waals surface area contributed by atoms with Crippen molar-refractivity contribution in [1.82, 2.24) is 19.7 Å². The van der Waals surface area contributed by atoms with Gasteiger partial charge in [-0.3, -0.25) is 9.59 Å². The number of hydrogen-bond acceptors (Lipinski definition) is 3. The van der Waals surface area contributed by atoms with Crippen LogP contribution in [0.1, 0.15) is 44.7 Å². The molecule has 0 bridgehead atoms. The number of ketones is 1. The Balaban J connectivity index is 1.77. The number of hydrogen-bond donors (Lipinski definition) is 2. The molecule has 3 aromatic heterocycles. The van der Waals surface area contributed by atoms with Gasteiger partial charge in [0.05, 0.1) is 17.3 Å². The number of pyridine rings is 1. The summed E-state index contributed by atoms with van der Waals surface area (Å²) in [6.07, 6.45) is 3.57. The quantitative estimate of drug-likeness (QED) is 0.714. The Bertz CT molecular complexity index is 955. The standard InChI is InChI=1S/C17H17ClN4O2/c1-9-15(11(3)23)10(2)20-16(9)17(24)19-6-13-8-22-7-12(18)4-5-14(22)21-13/h4-5,7-8,20H,6H2,1-3H3,(H,19,24). The first-order valence-electron chi connectivity index (χ1n) is 7.48. The molecule has 0 atom stereocenters. The summed E-state index contributed by atoms with van der Waals surface area (Å²) in [5.41, 5.74) is 3.83. The van der Waals surface area contributed by atoms with Gasteiger partial charge >= 0.3 is 0 Å². The molecule has 0 saturated heterocycles. The van der Waals surface area contributed by atoms with E-state index in [0.29, 0.717) is 27.5 Å². The Morgan fingerprint density at radius 2 is 2.04 bits per heavy atom. The topological polar surface area (TPSA) is 79.3 Å². The number of amides is 1. The molecule has 1 amide bonds. The highest BCUT2D eigenvalue weighted by Gasteiger charge is 2.19. The van der Waals surface area contributed by atoms with Crippen molar-refractivity contribution < 1.29 is 9.59 Å². The molecule has 0 radical (unpaired) electrons. The van der Waals surface area contributed by atoms with Gasteiger partial charge in [-0.2, -0.15) is 0 Å². The predicted molar refractivity (Wildman–Crippen MR) is 91.6 cm³/mol. The number of carbonyl (C=O) groups excluding carboxylic acids is 2. The monoisotopic (exact) mass is 344 g/mol. The average Bonchev–Trinajstić information content (AvgIpc) is 3.04. The van der Waals surface area contributed by atoms with Crippen LogP contribution in [0.15, 0.2) is 24.5 Å². The lowest BCUT2D eigenvalue weighted by atomic mass is 10.1. The fourth-order valence-corrected chi connectivity index (χ4v) is 3.03. The van der Waals surface area contributed by atoms with Gasteiger partial charge in [0.15, 0.2) is 5.78 Å². The third-order valence-electron chi connectivity index (χ3n) is 3.91. The molecular formula is C17H17ClN4O2. The van der Waals surface area contributed by atoms with Crippen LogP contribution in [0.2, 0.25) is 5.02 Å². The number of imidazole rings is 1. The minimum Gasteiger partial charge on any atom is -0.354 e. The fourth-order valence-electron chi connectivity index (χ4n) is 2.87. The van der Waals surface area contributed by atoms with Gasteiger partial charge in [-0.25, -0.2) is 4.98 Å². The summed E-state index contributed by atoms with van der Waals surface area (Å²) in [5.74, 6) is -0.323.